The highest BCUT2D eigenvalue weighted by Gasteiger charge is 2.20. The summed E-state index contributed by atoms with van der Waals surface area (Å²) in [7, 11) is -0.210. The predicted molar refractivity (Wildman–Crippen MR) is 127 cm³/mol. The van der Waals surface area contributed by atoms with E-state index in [1.54, 1.807) is 32.2 Å². The van der Waals surface area contributed by atoms with E-state index in [2.05, 4.69) is 14.8 Å². The number of aromatic carboxylic acids is 1. The molecule has 0 atom stereocenters. The molecule has 33 heavy (non-hydrogen) atoms. The summed E-state index contributed by atoms with van der Waals surface area (Å²) in [6, 6.07) is 7.80. The number of carbonyl (C=O) groups is 1. The van der Waals surface area contributed by atoms with Crippen molar-refractivity contribution in [3.8, 4) is 0 Å². The first kappa shape index (κ1) is 24.2. The van der Waals surface area contributed by atoms with Crippen LogP contribution in [0.15, 0.2) is 41.4 Å². The molecule has 9 nitrogen and oxygen atoms in total. The third-order valence-corrected chi connectivity index (χ3v) is 6.96. The molecule has 0 saturated carbocycles. The second kappa shape index (κ2) is 9.62. The number of rotatable bonds is 9. The molecular formula is C23H29N5O4S. The second-order valence-electron chi connectivity index (χ2n) is 8.12. The standard InChI is InChI=1S/C23H29N5O4S/c1-15-8-6-9-19(12-15)33(31,32)26-21-13-18(23(29)30)14-24-22(21)27(4)11-7-10-20-16(2)25-28(5)17(20)3/h6,8-9,12-14,26H,7,10-11H2,1-5H3,(H,29,30). The molecule has 2 N–H and O–H groups in total. The van der Waals surface area contributed by atoms with Gasteiger partial charge in [0.2, 0.25) is 0 Å². The Kier molecular flexibility index (Phi) is 7.06. The zero-order chi connectivity index (χ0) is 24.3. The summed E-state index contributed by atoms with van der Waals surface area (Å²) in [6.07, 6.45) is 2.83. The molecule has 3 aromatic rings. The lowest BCUT2D eigenvalue weighted by molar-refractivity contribution is 0.0696. The minimum Gasteiger partial charge on any atom is -0.478 e. The van der Waals surface area contributed by atoms with Crippen LogP contribution in [0.2, 0.25) is 0 Å². The van der Waals surface area contributed by atoms with Gasteiger partial charge in [-0.25, -0.2) is 18.2 Å². The Morgan fingerprint density at radius 1 is 1.21 bits per heavy atom. The Morgan fingerprint density at radius 3 is 2.55 bits per heavy atom. The van der Waals surface area contributed by atoms with E-state index >= 15 is 0 Å². The molecule has 1 aromatic carbocycles. The number of benzene rings is 1. The van der Waals surface area contributed by atoms with Crippen molar-refractivity contribution in [2.45, 2.75) is 38.5 Å². The highest BCUT2D eigenvalue weighted by atomic mass is 32.2. The molecule has 0 aliphatic rings. The van der Waals surface area contributed by atoms with Gasteiger partial charge in [-0.2, -0.15) is 5.10 Å². The number of anilines is 2. The number of nitrogens with zero attached hydrogens (tertiary/aromatic N) is 4. The SMILES string of the molecule is Cc1cccc(S(=O)(=O)Nc2cc(C(=O)O)cnc2N(C)CCCc2c(C)nn(C)c2C)c1. The highest BCUT2D eigenvalue weighted by Crippen LogP contribution is 2.27. The quantitative estimate of drug-likeness (QED) is 0.492. The van der Waals surface area contributed by atoms with E-state index in [0.29, 0.717) is 12.4 Å². The van der Waals surface area contributed by atoms with Crippen LogP contribution >= 0.6 is 0 Å². The van der Waals surface area contributed by atoms with Crippen molar-refractivity contribution in [1.29, 1.82) is 0 Å². The maximum Gasteiger partial charge on any atom is 0.337 e. The second-order valence-corrected chi connectivity index (χ2v) is 9.80. The van der Waals surface area contributed by atoms with Crippen molar-refractivity contribution in [2.75, 3.05) is 23.2 Å². The minimum atomic E-state index is -3.93. The van der Waals surface area contributed by atoms with Gasteiger partial charge in [0.25, 0.3) is 10.0 Å². The molecule has 0 bridgehead atoms. The zero-order valence-electron chi connectivity index (χ0n) is 19.5. The third-order valence-electron chi connectivity index (χ3n) is 5.60. The lowest BCUT2D eigenvalue weighted by Crippen LogP contribution is -2.24. The van der Waals surface area contributed by atoms with Crippen LogP contribution in [0.25, 0.3) is 0 Å². The molecule has 2 aromatic heterocycles. The Labute approximate surface area is 194 Å². The zero-order valence-corrected chi connectivity index (χ0v) is 20.3. The first-order valence-corrected chi connectivity index (χ1v) is 12.0. The fourth-order valence-electron chi connectivity index (χ4n) is 3.72. The molecule has 0 amide bonds. The Morgan fingerprint density at radius 2 is 1.94 bits per heavy atom. The molecule has 0 unspecified atom stereocenters. The van der Waals surface area contributed by atoms with Crippen molar-refractivity contribution in [3.05, 3.63) is 64.6 Å². The Bertz CT molecular complexity index is 1280. The molecule has 3 rings (SSSR count). The Hall–Kier alpha value is -3.40. The number of carboxylic acids is 1. The lowest BCUT2D eigenvalue weighted by atomic mass is 10.1. The van der Waals surface area contributed by atoms with Gasteiger partial charge in [-0.1, -0.05) is 12.1 Å². The number of carboxylic acid groups (broad SMARTS) is 1. The normalized spacial score (nSPS) is 11.4. The molecule has 10 heteroatoms. The smallest absolute Gasteiger partial charge is 0.337 e. The molecule has 2 heterocycles. The summed E-state index contributed by atoms with van der Waals surface area (Å²) in [5, 5.41) is 13.8. The first-order chi connectivity index (χ1) is 15.5. The number of hydrogen-bond acceptors (Lipinski definition) is 6. The summed E-state index contributed by atoms with van der Waals surface area (Å²) < 4.78 is 30.3. The van der Waals surface area contributed by atoms with Crippen molar-refractivity contribution < 1.29 is 18.3 Å². The number of hydrogen-bond donors (Lipinski definition) is 2. The van der Waals surface area contributed by atoms with Gasteiger partial charge in [0.15, 0.2) is 5.82 Å². The summed E-state index contributed by atoms with van der Waals surface area (Å²) in [5.74, 6) is -0.828. The maximum absolute atomic E-state index is 13.0. The van der Waals surface area contributed by atoms with Gasteiger partial charge < -0.3 is 10.0 Å². The van der Waals surface area contributed by atoms with E-state index in [-0.39, 0.29) is 16.1 Å². The number of aromatic nitrogens is 3. The number of sulfonamides is 1. The fraction of sp³-hybridized carbons (Fsp3) is 0.348. The molecule has 0 fully saturated rings. The van der Waals surface area contributed by atoms with Crippen LogP contribution in [0.5, 0.6) is 0 Å². The van der Waals surface area contributed by atoms with Crippen LogP contribution in [0, 0.1) is 20.8 Å². The Balaban J connectivity index is 1.84. The van der Waals surface area contributed by atoms with Crippen LogP contribution in [-0.4, -0.2) is 47.9 Å². The third kappa shape index (κ3) is 5.51. The van der Waals surface area contributed by atoms with Gasteiger partial charge >= 0.3 is 5.97 Å². The summed E-state index contributed by atoms with van der Waals surface area (Å²) in [6.45, 7) is 6.41. The average molecular weight is 472 g/mol. The molecule has 0 saturated heterocycles. The lowest BCUT2D eigenvalue weighted by Gasteiger charge is -2.22. The maximum atomic E-state index is 13.0. The highest BCUT2D eigenvalue weighted by molar-refractivity contribution is 7.92. The largest absolute Gasteiger partial charge is 0.478 e. The van der Waals surface area contributed by atoms with Crippen molar-refractivity contribution in [3.63, 3.8) is 0 Å². The van der Waals surface area contributed by atoms with E-state index in [1.165, 1.54) is 23.9 Å². The van der Waals surface area contributed by atoms with E-state index < -0.39 is 16.0 Å². The van der Waals surface area contributed by atoms with Gasteiger partial charge in [0.1, 0.15) is 0 Å². The first-order valence-electron chi connectivity index (χ1n) is 10.5. The van der Waals surface area contributed by atoms with Crippen molar-refractivity contribution >= 4 is 27.5 Å². The van der Waals surface area contributed by atoms with E-state index in [1.807, 2.05) is 30.5 Å². The summed E-state index contributed by atoms with van der Waals surface area (Å²) in [4.78, 5) is 17.6. The van der Waals surface area contributed by atoms with E-state index in [4.69, 9.17) is 0 Å². The van der Waals surface area contributed by atoms with Crippen molar-refractivity contribution in [1.82, 2.24) is 14.8 Å². The number of aryl methyl sites for hydroxylation is 3. The van der Waals surface area contributed by atoms with Crippen molar-refractivity contribution in [2.24, 2.45) is 7.05 Å². The van der Waals surface area contributed by atoms with Crippen LogP contribution < -0.4 is 9.62 Å². The monoisotopic (exact) mass is 471 g/mol. The van der Waals surface area contributed by atoms with Gasteiger partial charge in [0, 0.05) is 32.5 Å². The van der Waals surface area contributed by atoms with E-state index in [9.17, 15) is 18.3 Å². The molecule has 0 radical (unpaired) electrons. The van der Waals surface area contributed by atoms with Crippen LogP contribution in [0.1, 0.15) is 39.3 Å². The minimum absolute atomic E-state index is 0.0966. The summed E-state index contributed by atoms with van der Waals surface area (Å²) >= 11 is 0. The van der Waals surface area contributed by atoms with Gasteiger partial charge in [0.05, 0.1) is 21.8 Å². The average Bonchev–Trinajstić information content (AvgIpc) is 2.99. The van der Waals surface area contributed by atoms with Gasteiger partial charge in [-0.3, -0.25) is 9.40 Å². The molecule has 0 aliphatic heterocycles. The predicted octanol–water partition coefficient (Wildman–Crippen LogP) is 3.31. The topological polar surface area (TPSA) is 117 Å². The van der Waals surface area contributed by atoms with Gasteiger partial charge in [-0.15, -0.1) is 0 Å². The van der Waals surface area contributed by atoms with Crippen LogP contribution in [0.3, 0.4) is 0 Å². The molecular weight excluding hydrogens is 442 g/mol. The van der Waals surface area contributed by atoms with Crippen LogP contribution in [0.4, 0.5) is 11.5 Å². The number of nitrogens with one attached hydrogen (secondary N) is 1. The molecule has 0 aliphatic carbocycles. The fourth-order valence-corrected chi connectivity index (χ4v) is 4.87. The number of pyridine rings is 1. The van der Waals surface area contributed by atoms with E-state index in [0.717, 1.165) is 29.8 Å². The van der Waals surface area contributed by atoms with Gasteiger partial charge in [-0.05, 0) is 62.9 Å². The molecule has 176 valence electrons. The summed E-state index contributed by atoms with van der Waals surface area (Å²) in [5.41, 5.74) is 4.12. The van der Waals surface area contributed by atoms with Crippen LogP contribution in [-0.2, 0) is 23.5 Å². The molecule has 0 spiro atoms.